The molecule has 2 atom stereocenters. The van der Waals surface area contributed by atoms with Gasteiger partial charge in [0, 0.05) is 13.1 Å². The topological polar surface area (TPSA) is 60.9 Å². The predicted octanol–water partition coefficient (Wildman–Crippen LogP) is -0.800. The molecule has 2 aliphatic rings. The summed E-state index contributed by atoms with van der Waals surface area (Å²) in [6.07, 6.45) is 1.10. The molecule has 0 bridgehead atoms. The fourth-order valence-electron chi connectivity index (χ4n) is 2.34. The summed E-state index contributed by atoms with van der Waals surface area (Å²) in [4.78, 5) is 26.7. The molecular formula is C10H16N2O3. The van der Waals surface area contributed by atoms with Crippen LogP contribution in [-0.2, 0) is 9.59 Å². The molecule has 2 saturated heterocycles. The summed E-state index contributed by atoms with van der Waals surface area (Å²) in [6, 6.07) is -0.259. The molecule has 0 saturated carbocycles. The first-order valence-corrected chi connectivity index (χ1v) is 5.36. The van der Waals surface area contributed by atoms with Gasteiger partial charge < -0.3 is 14.9 Å². The lowest BCUT2D eigenvalue weighted by atomic mass is 10.1. The van der Waals surface area contributed by atoms with Crippen LogP contribution >= 0.6 is 0 Å². The zero-order chi connectivity index (χ0) is 11.0. The summed E-state index contributed by atoms with van der Waals surface area (Å²) in [6.45, 7) is 2.71. The van der Waals surface area contributed by atoms with Crippen LogP contribution in [0.2, 0.25) is 0 Å². The first-order chi connectivity index (χ1) is 7.09. The van der Waals surface area contributed by atoms with Crippen molar-refractivity contribution in [2.75, 3.05) is 19.6 Å². The van der Waals surface area contributed by atoms with Crippen molar-refractivity contribution in [3.8, 4) is 0 Å². The molecule has 84 valence electrons. The van der Waals surface area contributed by atoms with Crippen LogP contribution in [0, 0.1) is 0 Å². The smallest absolute Gasteiger partial charge is 0.245 e. The second-order valence-corrected chi connectivity index (χ2v) is 4.31. The standard InChI is InChI=1S/C10H16N2O3/c1-7(13)5-11-6-9(14)12-4-2-3-8(12)10(11)15/h7-8,13H,2-6H2,1H3/t7-,8?/m1/s1. The minimum absolute atomic E-state index is 0.00648. The molecule has 2 aliphatic heterocycles. The van der Waals surface area contributed by atoms with E-state index in [1.54, 1.807) is 11.8 Å². The molecule has 2 fully saturated rings. The summed E-state index contributed by atoms with van der Waals surface area (Å²) in [7, 11) is 0. The number of hydrogen-bond acceptors (Lipinski definition) is 3. The van der Waals surface area contributed by atoms with Gasteiger partial charge in [-0.25, -0.2) is 0 Å². The monoisotopic (exact) mass is 212 g/mol. The van der Waals surface area contributed by atoms with Crippen LogP contribution in [0.3, 0.4) is 0 Å². The van der Waals surface area contributed by atoms with E-state index in [1.807, 2.05) is 0 Å². The van der Waals surface area contributed by atoms with E-state index < -0.39 is 6.10 Å². The Kier molecular flexibility index (Phi) is 2.65. The van der Waals surface area contributed by atoms with Crippen LogP contribution in [0.25, 0.3) is 0 Å². The number of amides is 2. The van der Waals surface area contributed by atoms with Gasteiger partial charge in [-0.05, 0) is 19.8 Å². The Labute approximate surface area is 88.6 Å². The SMILES string of the molecule is C[C@@H](O)CN1CC(=O)N2CCCC2C1=O. The lowest BCUT2D eigenvalue weighted by Crippen LogP contribution is -2.58. The number of β-amino-alcohol motifs (C(OH)–C–C–N with tert-alkyl or cyclic N) is 1. The van der Waals surface area contributed by atoms with Crippen molar-refractivity contribution in [3.63, 3.8) is 0 Å². The van der Waals surface area contributed by atoms with Crippen LogP contribution < -0.4 is 0 Å². The Morgan fingerprint density at radius 3 is 2.93 bits per heavy atom. The summed E-state index contributed by atoms with van der Waals surface area (Å²) in [5.74, 6) is 0.00532. The molecule has 0 aromatic rings. The number of piperazine rings is 1. The van der Waals surface area contributed by atoms with Gasteiger partial charge >= 0.3 is 0 Å². The Bertz CT molecular complexity index is 290. The van der Waals surface area contributed by atoms with E-state index in [-0.39, 0.29) is 30.9 Å². The van der Waals surface area contributed by atoms with Gasteiger partial charge in [0.15, 0.2) is 0 Å². The van der Waals surface area contributed by atoms with Crippen LogP contribution in [0.1, 0.15) is 19.8 Å². The van der Waals surface area contributed by atoms with E-state index in [0.29, 0.717) is 6.54 Å². The van der Waals surface area contributed by atoms with Gasteiger partial charge in [0.25, 0.3) is 0 Å². The molecule has 0 spiro atoms. The molecule has 15 heavy (non-hydrogen) atoms. The van der Waals surface area contributed by atoms with Gasteiger partial charge in [0.2, 0.25) is 11.8 Å². The quantitative estimate of drug-likeness (QED) is 0.652. The minimum Gasteiger partial charge on any atom is -0.392 e. The first-order valence-electron chi connectivity index (χ1n) is 5.36. The first kappa shape index (κ1) is 10.4. The Balaban J connectivity index is 2.10. The maximum Gasteiger partial charge on any atom is 0.245 e. The Morgan fingerprint density at radius 2 is 2.27 bits per heavy atom. The molecule has 5 heteroatoms. The van der Waals surface area contributed by atoms with E-state index >= 15 is 0 Å². The lowest BCUT2D eigenvalue weighted by Gasteiger charge is -2.36. The fourth-order valence-corrected chi connectivity index (χ4v) is 2.34. The predicted molar refractivity (Wildman–Crippen MR) is 53.0 cm³/mol. The van der Waals surface area contributed by atoms with Gasteiger partial charge in [-0.1, -0.05) is 0 Å². The maximum atomic E-state index is 11.9. The number of rotatable bonds is 2. The van der Waals surface area contributed by atoms with Crippen molar-refractivity contribution in [2.24, 2.45) is 0 Å². The largest absolute Gasteiger partial charge is 0.392 e. The van der Waals surface area contributed by atoms with Gasteiger partial charge in [0.05, 0.1) is 12.6 Å². The van der Waals surface area contributed by atoms with Crippen molar-refractivity contribution in [2.45, 2.75) is 31.9 Å². The number of nitrogens with zero attached hydrogens (tertiary/aromatic N) is 2. The van der Waals surface area contributed by atoms with Crippen molar-refractivity contribution in [3.05, 3.63) is 0 Å². The molecule has 0 aliphatic carbocycles. The second-order valence-electron chi connectivity index (χ2n) is 4.31. The molecule has 1 unspecified atom stereocenters. The van der Waals surface area contributed by atoms with E-state index in [0.717, 1.165) is 12.8 Å². The summed E-state index contributed by atoms with van der Waals surface area (Å²) in [5, 5.41) is 9.23. The summed E-state index contributed by atoms with van der Waals surface area (Å²) in [5.41, 5.74) is 0. The number of aliphatic hydroxyl groups excluding tert-OH is 1. The number of fused-ring (bicyclic) bond motifs is 1. The number of carbonyl (C=O) groups is 2. The molecule has 2 heterocycles. The highest BCUT2D eigenvalue weighted by atomic mass is 16.3. The zero-order valence-electron chi connectivity index (χ0n) is 8.85. The Hall–Kier alpha value is -1.10. The van der Waals surface area contributed by atoms with Crippen molar-refractivity contribution < 1.29 is 14.7 Å². The van der Waals surface area contributed by atoms with E-state index in [1.165, 1.54) is 4.90 Å². The molecule has 5 nitrogen and oxygen atoms in total. The Morgan fingerprint density at radius 1 is 1.53 bits per heavy atom. The molecule has 0 radical (unpaired) electrons. The van der Waals surface area contributed by atoms with E-state index in [9.17, 15) is 14.7 Å². The number of hydrogen-bond donors (Lipinski definition) is 1. The van der Waals surface area contributed by atoms with E-state index in [4.69, 9.17) is 0 Å². The highest BCUT2D eigenvalue weighted by Crippen LogP contribution is 2.23. The molecule has 2 amide bonds. The number of aliphatic hydroxyl groups is 1. The van der Waals surface area contributed by atoms with Gasteiger partial charge in [-0.2, -0.15) is 0 Å². The average Bonchev–Trinajstić information content (AvgIpc) is 2.61. The molecule has 1 N–H and O–H groups in total. The molecule has 0 aromatic carbocycles. The fraction of sp³-hybridized carbons (Fsp3) is 0.800. The van der Waals surface area contributed by atoms with Crippen LogP contribution in [0.4, 0.5) is 0 Å². The third-order valence-corrected chi connectivity index (χ3v) is 2.98. The normalized spacial score (nSPS) is 28.3. The van der Waals surface area contributed by atoms with Crippen LogP contribution in [0.15, 0.2) is 0 Å². The minimum atomic E-state index is -0.574. The molecule has 2 rings (SSSR count). The van der Waals surface area contributed by atoms with Crippen molar-refractivity contribution in [1.82, 2.24) is 9.80 Å². The lowest BCUT2D eigenvalue weighted by molar-refractivity contribution is -0.154. The van der Waals surface area contributed by atoms with Gasteiger partial charge in [-0.15, -0.1) is 0 Å². The molecular weight excluding hydrogens is 196 g/mol. The third-order valence-electron chi connectivity index (χ3n) is 2.98. The van der Waals surface area contributed by atoms with Crippen LogP contribution in [0.5, 0.6) is 0 Å². The third kappa shape index (κ3) is 1.84. The van der Waals surface area contributed by atoms with E-state index in [2.05, 4.69) is 0 Å². The second kappa shape index (κ2) is 3.81. The highest BCUT2D eigenvalue weighted by molar-refractivity contribution is 5.95. The zero-order valence-corrected chi connectivity index (χ0v) is 8.85. The average molecular weight is 212 g/mol. The van der Waals surface area contributed by atoms with Crippen molar-refractivity contribution >= 4 is 11.8 Å². The summed E-state index contributed by atoms with van der Waals surface area (Å²) < 4.78 is 0. The molecule has 0 aromatic heterocycles. The number of carbonyl (C=O) groups excluding carboxylic acids is 2. The van der Waals surface area contributed by atoms with Gasteiger partial charge in [-0.3, -0.25) is 9.59 Å². The van der Waals surface area contributed by atoms with Crippen LogP contribution in [-0.4, -0.2) is 58.5 Å². The summed E-state index contributed by atoms with van der Waals surface area (Å²) >= 11 is 0. The van der Waals surface area contributed by atoms with Crippen molar-refractivity contribution in [1.29, 1.82) is 0 Å². The van der Waals surface area contributed by atoms with Gasteiger partial charge in [0.1, 0.15) is 6.04 Å². The highest BCUT2D eigenvalue weighted by Gasteiger charge is 2.41. The maximum absolute atomic E-state index is 11.9.